The summed E-state index contributed by atoms with van der Waals surface area (Å²) in [6.45, 7) is 0. The van der Waals surface area contributed by atoms with Gasteiger partial charge in [-0.15, -0.1) is 0 Å². The highest BCUT2D eigenvalue weighted by molar-refractivity contribution is 9.09. The average molecular weight is 422 g/mol. The molecule has 0 unspecified atom stereocenters. The molecule has 7 heteroatoms. The Morgan fingerprint density at radius 3 is 2.08 bits per heavy atom. The van der Waals surface area contributed by atoms with E-state index in [0.717, 1.165) is 0 Å². The second-order valence-corrected chi connectivity index (χ2v) is 5.90. The van der Waals surface area contributed by atoms with Gasteiger partial charge in [-0.1, -0.05) is 28.1 Å². The maximum Gasteiger partial charge on any atom is 0.237 e. The lowest BCUT2D eigenvalue weighted by Crippen LogP contribution is -2.28. The number of halogens is 1. The number of rotatable bonds is 7. The number of ether oxygens (including phenoxy) is 3. The van der Waals surface area contributed by atoms with Crippen LogP contribution in [0.15, 0.2) is 36.4 Å². The van der Waals surface area contributed by atoms with Gasteiger partial charge in [0.2, 0.25) is 11.7 Å². The highest BCUT2D eigenvalue weighted by atomic mass is 79.9. The molecule has 0 aliphatic heterocycles. The van der Waals surface area contributed by atoms with Gasteiger partial charge in [0.15, 0.2) is 0 Å². The number of alkyl halides is 1. The normalized spacial score (nSPS) is 10.2. The molecule has 0 spiro atoms. The van der Waals surface area contributed by atoms with E-state index in [9.17, 15) is 9.59 Å². The van der Waals surface area contributed by atoms with Gasteiger partial charge >= 0.3 is 0 Å². The minimum atomic E-state index is -0.314. The quantitative estimate of drug-likeness (QED) is 0.506. The first-order chi connectivity index (χ1) is 12.5. The van der Waals surface area contributed by atoms with E-state index < -0.39 is 0 Å². The Hall–Kier alpha value is -2.54. The van der Waals surface area contributed by atoms with E-state index in [2.05, 4.69) is 15.9 Å². The molecule has 0 fully saturated rings. The van der Waals surface area contributed by atoms with Gasteiger partial charge < -0.3 is 19.1 Å². The Bertz CT molecular complexity index is 796. The van der Waals surface area contributed by atoms with Gasteiger partial charge in [-0.05, 0) is 12.1 Å². The Morgan fingerprint density at radius 1 is 1.00 bits per heavy atom. The zero-order chi connectivity index (χ0) is 19.3. The minimum absolute atomic E-state index is 0.154. The first-order valence-corrected chi connectivity index (χ1v) is 8.86. The van der Waals surface area contributed by atoms with Crippen molar-refractivity contribution >= 4 is 33.3 Å². The maximum atomic E-state index is 13.3. The molecule has 2 rings (SSSR count). The van der Waals surface area contributed by atoms with Crippen molar-refractivity contribution in [1.82, 2.24) is 0 Å². The molecule has 0 aromatic heterocycles. The zero-order valence-electron chi connectivity index (χ0n) is 15.0. The summed E-state index contributed by atoms with van der Waals surface area (Å²) in [5.41, 5.74) is 1.14. The maximum absolute atomic E-state index is 13.3. The fourth-order valence-electron chi connectivity index (χ4n) is 2.55. The second kappa shape index (κ2) is 8.71. The van der Waals surface area contributed by atoms with E-state index in [-0.39, 0.29) is 22.6 Å². The largest absolute Gasteiger partial charge is 0.496 e. The standard InChI is InChI=1S/C19H20BrNO5/c1-21(17(22)11-20)14-8-6-5-7-13(14)19(23)18-15(25-3)9-12(24-2)10-16(18)26-4/h5-10H,11H2,1-4H3. The van der Waals surface area contributed by atoms with Gasteiger partial charge in [-0.25, -0.2) is 0 Å². The first kappa shape index (κ1) is 19.8. The highest BCUT2D eigenvalue weighted by Crippen LogP contribution is 2.37. The van der Waals surface area contributed by atoms with Crippen LogP contribution in [0.3, 0.4) is 0 Å². The summed E-state index contributed by atoms with van der Waals surface area (Å²) in [6.07, 6.45) is 0. The van der Waals surface area contributed by atoms with Crippen LogP contribution in [0, 0.1) is 0 Å². The Balaban J connectivity index is 2.62. The number of ketones is 1. The van der Waals surface area contributed by atoms with E-state index in [4.69, 9.17) is 14.2 Å². The van der Waals surface area contributed by atoms with Crippen LogP contribution < -0.4 is 19.1 Å². The molecule has 0 radical (unpaired) electrons. The molecule has 6 nitrogen and oxygen atoms in total. The summed E-state index contributed by atoms with van der Waals surface area (Å²) in [5, 5.41) is 0.154. The Labute approximate surface area is 160 Å². The van der Waals surface area contributed by atoms with Crippen molar-refractivity contribution in [1.29, 1.82) is 0 Å². The molecule has 0 heterocycles. The van der Waals surface area contributed by atoms with Crippen molar-refractivity contribution in [2.24, 2.45) is 0 Å². The predicted octanol–water partition coefficient (Wildman–Crippen LogP) is 3.30. The molecule has 1 amide bonds. The van der Waals surface area contributed by atoms with Crippen molar-refractivity contribution < 1.29 is 23.8 Å². The minimum Gasteiger partial charge on any atom is -0.496 e. The molecule has 0 aliphatic carbocycles. The van der Waals surface area contributed by atoms with Crippen LogP contribution in [0.5, 0.6) is 17.2 Å². The number of hydrogen-bond acceptors (Lipinski definition) is 5. The summed E-state index contributed by atoms with van der Waals surface area (Å²) in [4.78, 5) is 26.8. The van der Waals surface area contributed by atoms with Gasteiger partial charge in [0.1, 0.15) is 22.8 Å². The number of carbonyl (C=O) groups is 2. The van der Waals surface area contributed by atoms with Gasteiger partial charge in [-0.2, -0.15) is 0 Å². The van der Waals surface area contributed by atoms with Crippen LogP contribution in [0.2, 0.25) is 0 Å². The molecular formula is C19H20BrNO5. The lowest BCUT2D eigenvalue weighted by atomic mass is 9.99. The number of para-hydroxylation sites is 1. The number of methoxy groups -OCH3 is 3. The van der Waals surface area contributed by atoms with E-state index >= 15 is 0 Å². The fraction of sp³-hybridized carbons (Fsp3) is 0.263. The molecule has 0 saturated carbocycles. The van der Waals surface area contributed by atoms with Crippen molar-refractivity contribution in [3.05, 3.63) is 47.5 Å². The van der Waals surface area contributed by atoms with Crippen molar-refractivity contribution in [3.63, 3.8) is 0 Å². The van der Waals surface area contributed by atoms with Crippen molar-refractivity contribution in [2.75, 3.05) is 38.6 Å². The van der Waals surface area contributed by atoms with Crippen LogP contribution in [0.4, 0.5) is 5.69 Å². The summed E-state index contributed by atoms with van der Waals surface area (Å²) < 4.78 is 16.0. The molecule has 0 atom stereocenters. The van der Waals surface area contributed by atoms with Gasteiger partial charge in [0.25, 0.3) is 0 Å². The van der Waals surface area contributed by atoms with E-state index in [0.29, 0.717) is 28.5 Å². The Morgan fingerprint density at radius 2 is 1.58 bits per heavy atom. The van der Waals surface area contributed by atoms with Crippen LogP contribution in [-0.4, -0.2) is 45.4 Å². The van der Waals surface area contributed by atoms with Crippen LogP contribution in [0.1, 0.15) is 15.9 Å². The zero-order valence-corrected chi connectivity index (χ0v) is 16.6. The third-order valence-corrected chi connectivity index (χ3v) is 4.42. The first-order valence-electron chi connectivity index (χ1n) is 7.74. The lowest BCUT2D eigenvalue weighted by Gasteiger charge is -2.20. The molecule has 2 aromatic rings. The molecule has 26 heavy (non-hydrogen) atoms. The number of hydrogen-bond donors (Lipinski definition) is 0. The smallest absolute Gasteiger partial charge is 0.237 e. The summed E-state index contributed by atoms with van der Waals surface area (Å²) in [6, 6.07) is 10.1. The van der Waals surface area contributed by atoms with E-state index in [1.807, 2.05) is 0 Å². The van der Waals surface area contributed by atoms with E-state index in [1.54, 1.807) is 43.4 Å². The molecule has 2 aromatic carbocycles. The molecule has 138 valence electrons. The van der Waals surface area contributed by atoms with Crippen molar-refractivity contribution in [3.8, 4) is 17.2 Å². The predicted molar refractivity (Wildman–Crippen MR) is 103 cm³/mol. The van der Waals surface area contributed by atoms with Crippen molar-refractivity contribution in [2.45, 2.75) is 0 Å². The van der Waals surface area contributed by atoms with E-state index in [1.165, 1.54) is 26.2 Å². The SMILES string of the molecule is COc1cc(OC)c(C(=O)c2ccccc2N(C)C(=O)CBr)c(OC)c1. The van der Waals surface area contributed by atoms with Crippen LogP contribution in [0.25, 0.3) is 0 Å². The number of anilines is 1. The van der Waals surface area contributed by atoms with Crippen LogP contribution >= 0.6 is 15.9 Å². The Kier molecular flexibility index (Phi) is 6.63. The van der Waals surface area contributed by atoms with Crippen LogP contribution in [-0.2, 0) is 4.79 Å². The molecule has 0 bridgehead atoms. The summed E-state index contributed by atoms with van der Waals surface area (Å²) >= 11 is 3.15. The fourth-order valence-corrected chi connectivity index (χ4v) is 2.92. The number of carbonyl (C=O) groups excluding carboxylic acids is 2. The highest BCUT2D eigenvalue weighted by Gasteiger charge is 2.25. The molecule has 0 saturated heterocycles. The second-order valence-electron chi connectivity index (χ2n) is 5.34. The lowest BCUT2D eigenvalue weighted by molar-refractivity contribution is -0.115. The van der Waals surface area contributed by atoms with Gasteiger partial charge in [0.05, 0.1) is 32.3 Å². The monoisotopic (exact) mass is 421 g/mol. The summed E-state index contributed by atoms with van der Waals surface area (Å²) in [5.74, 6) is 0.686. The van der Waals surface area contributed by atoms with Gasteiger partial charge in [-0.3, -0.25) is 9.59 Å². The number of benzene rings is 2. The number of nitrogens with zero attached hydrogens (tertiary/aromatic N) is 1. The average Bonchev–Trinajstić information content (AvgIpc) is 2.70. The molecular weight excluding hydrogens is 402 g/mol. The third kappa shape index (κ3) is 3.83. The molecule has 0 N–H and O–H groups in total. The third-order valence-electron chi connectivity index (χ3n) is 3.94. The topological polar surface area (TPSA) is 65.1 Å². The molecule has 0 aliphatic rings. The number of amides is 1. The van der Waals surface area contributed by atoms with Gasteiger partial charge in [0, 0.05) is 24.7 Å². The summed E-state index contributed by atoms with van der Waals surface area (Å²) in [7, 11) is 6.08.